The van der Waals surface area contributed by atoms with Gasteiger partial charge in [-0.05, 0) is 57.3 Å². The Morgan fingerprint density at radius 3 is 2.57 bits per heavy atom. The zero-order valence-corrected chi connectivity index (χ0v) is 13.3. The van der Waals surface area contributed by atoms with Crippen LogP contribution >= 0.6 is 0 Å². The van der Waals surface area contributed by atoms with Crippen LogP contribution in [0.3, 0.4) is 0 Å². The second kappa shape index (κ2) is 5.86. The Bertz CT molecular complexity index is 387. The van der Waals surface area contributed by atoms with Crippen molar-refractivity contribution in [1.29, 1.82) is 0 Å². The molecule has 3 fully saturated rings. The normalized spacial score (nSPS) is 42.5. The molecule has 5 heteroatoms. The molecule has 1 heterocycles. The fourth-order valence-electron chi connectivity index (χ4n) is 4.73. The molecule has 120 valence electrons. The van der Waals surface area contributed by atoms with Gasteiger partial charge in [0.25, 0.3) is 0 Å². The van der Waals surface area contributed by atoms with Crippen LogP contribution in [0.2, 0.25) is 0 Å². The summed E-state index contributed by atoms with van der Waals surface area (Å²) in [5.41, 5.74) is 6.07. The van der Waals surface area contributed by atoms with Crippen LogP contribution in [-0.2, 0) is 9.53 Å². The maximum absolute atomic E-state index is 12.3. The van der Waals surface area contributed by atoms with Crippen molar-refractivity contribution < 1.29 is 9.53 Å². The Hall–Kier alpha value is -0.650. The van der Waals surface area contributed by atoms with Gasteiger partial charge in [-0.1, -0.05) is 0 Å². The molecule has 3 N–H and O–H groups in total. The van der Waals surface area contributed by atoms with Gasteiger partial charge < -0.3 is 20.7 Å². The zero-order valence-electron chi connectivity index (χ0n) is 13.3. The molecule has 0 aromatic rings. The number of ether oxygens (including phenoxy) is 1. The van der Waals surface area contributed by atoms with Crippen LogP contribution < -0.4 is 11.1 Å². The van der Waals surface area contributed by atoms with E-state index in [-0.39, 0.29) is 17.6 Å². The van der Waals surface area contributed by atoms with Crippen molar-refractivity contribution in [3.63, 3.8) is 0 Å². The largest absolute Gasteiger partial charge is 0.381 e. The molecule has 1 saturated heterocycles. The molecule has 0 spiro atoms. The number of methoxy groups -OCH3 is 1. The third-order valence-electron chi connectivity index (χ3n) is 5.84. The molecule has 0 aromatic heterocycles. The van der Waals surface area contributed by atoms with Crippen LogP contribution in [0.25, 0.3) is 0 Å². The second-order valence-electron chi connectivity index (χ2n) is 7.47. The molecule has 2 saturated carbocycles. The third-order valence-corrected chi connectivity index (χ3v) is 5.84. The number of likely N-dealkylation sites (tertiary alicyclic amines) is 1. The van der Waals surface area contributed by atoms with Gasteiger partial charge in [0.1, 0.15) is 0 Å². The number of carbonyl (C=O) groups excluding carboxylic acids is 1. The molecule has 0 bridgehead atoms. The zero-order chi connectivity index (χ0) is 15.0. The molecule has 0 aromatic carbocycles. The van der Waals surface area contributed by atoms with Crippen LogP contribution in [0.15, 0.2) is 0 Å². The van der Waals surface area contributed by atoms with E-state index in [4.69, 9.17) is 10.5 Å². The first-order valence-corrected chi connectivity index (χ1v) is 8.33. The average Bonchev–Trinajstić information content (AvgIpc) is 3.09. The smallest absolute Gasteiger partial charge is 0.237 e. The highest BCUT2D eigenvalue weighted by molar-refractivity contribution is 5.78. The first-order valence-electron chi connectivity index (χ1n) is 8.33. The van der Waals surface area contributed by atoms with E-state index in [1.165, 1.54) is 12.8 Å². The lowest BCUT2D eigenvalue weighted by Crippen LogP contribution is -2.50. The average molecular weight is 295 g/mol. The number of nitrogens with one attached hydrogen (secondary N) is 1. The Morgan fingerprint density at radius 1 is 1.38 bits per heavy atom. The van der Waals surface area contributed by atoms with Crippen molar-refractivity contribution >= 4 is 5.91 Å². The summed E-state index contributed by atoms with van der Waals surface area (Å²) in [4.78, 5) is 14.1. The summed E-state index contributed by atoms with van der Waals surface area (Å²) in [7, 11) is 1.82. The molecular weight excluding hydrogens is 266 g/mol. The topological polar surface area (TPSA) is 67.6 Å². The molecule has 3 aliphatic rings. The van der Waals surface area contributed by atoms with E-state index in [2.05, 4.69) is 12.2 Å². The van der Waals surface area contributed by atoms with Crippen molar-refractivity contribution in [1.82, 2.24) is 10.2 Å². The molecule has 5 nitrogen and oxygen atoms in total. The Kier molecular flexibility index (Phi) is 4.26. The first-order chi connectivity index (χ1) is 10.0. The van der Waals surface area contributed by atoms with Gasteiger partial charge in [-0.25, -0.2) is 0 Å². The summed E-state index contributed by atoms with van der Waals surface area (Å²) in [6, 6.07) is 0. The molecule has 0 radical (unpaired) electrons. The summed E-state index contributed by atoms with van der Waals surface area (Å²) in [6.45, 7) is 3.51. The van der Waals surface area contributed by atoms with Gasteiger partial charge in [0, 0.05) is 19.2 Å². The summed E-state index contributed by atoms with van der Waals surface area (Å²) >= 11 is 0. The van der Waals surface area contributed by atoms with Crippen molar-refractivity contribution in [2.45, 2.75) is 63.3 Å². The number of hydrogen-bond donors (Lipinski definition) is 2. The lowest BCUT2D eigenvalue weighted by molar-refractivity contribution is -0.131. The summed E-state index contributed by atoms with van der Waals surface area (Å²) in [5.74, 6) is 1.68. The number of nitrogens with zero attached hydrogens (tertiary/aromatic N) is 1. The van der Waals surface area contributed by atoms with Gasteiger partial charge in [-0.15, -0.1) is 0 Å². The van der Waals surface area contributed by atoms with E-state index in [1.54, 1.807) is 0 Å². The molecule has 3 unspecified atom stereocenters. The minimum absolute atomic E-state index is 0.0717. The maximum atomic E-state index is 12.3. The first kappa shape index (κ1) is 15.3. The van der Waals surface area contributed by atoms with Gasteiger partial charge in [0.15, 0.2) is 0 Å². The van der Waals surface area contributed by atoms with E-state index in [0.717, 1.165) is 44.1 Å². The molecule has 1 amide bonds. The molecule has 3 rings (SSSR count). The van der Waals surface area contributed by atoms with Crippen LogP contribution in [0.4, 0.5) is 0 Å². The van der Waals surface area contributed by atoms with Crippen LogP contribution in [-0.4, -0.2) is 48.8 Å². The number of hydrogen-bond acceptors (Lipinski definition) is 4. The van der Waals surface area contributed by atoms with E-state index < -0.39 is 0 Å². The van der Waals surface area contributed by atoms with Gasteiger partial charge in [0.05, 0.1) is 18.8 Å². The van der Waals surface area contributed by atoms with E-state index in [0.29, 0.717) is 12.6 Å². The molecular formula is C16H29N3O2. The highest BCUT2D eigenvalue weighted by Crippen LogP contribution is 2.49. The lowest BCUT2D eigenvalue weighted by Gasteiger charge is -2.29. The van der Waals surface area contributed by atoms with Crippen molar-refractivity contribution in [3.8, 4) is 0 Å². The van der Waals surface area contributed by atoms with Gasteiger partial charge in [0.2, 0.25) is 5.91 Å². The van der Waals surface area contributed by atoms with E-state index in [9.17, 15) is 4.79 Å². The third kappa shape index (κ3) is 3.10. The minimum Gasteiger partial charge on any atom is -0.381 e. The predicted octanol–water partition coefficient (Wildman–Crippen LogP) is 1.08. The standard InChI is InChI=1S/C16H29N3O2/c1-16(8-11-6-13(21-2)7-12(11)9-16)18-10-15(20)19-5-3-4-14(19)17/h11-14,18H,3-10,17H2,1-2H3. The van der Waals surface area contributed by atoms with E-state index >= 15 is 0 Å². The minimum atomic E-state index is -0.0717. The Balaban J connectivity index is 1.49. The SMILES string of the molecule is COC1CC2CC(C)(NCC(=O)N3CCCC3N)CC2C1. The number of nitrogens with two attached hydrogens (primary N) is 1. The lowest BCUT2D eigenvalue weighted by atomic mass is 9.95. The monoisotopic (exact) mass is 295 g/mol. The highest BCUT2D eigenvalue weighted by atomic mass is 16.5. The highest BCUT2D eigenvalue weighted by Gasteiger charge is 2.47. The fourth-order valence-corrected chi connectivity index (χ4v) is 4.73. The van der Waals surface area contributed by atoms with Gasteiger partial charge >= 0.3 is 0 Å². The molecule has 21 heavy (non-hydrogen) atoms. The molecule has 3 atom stereocenters. The van der Waals surface area contributed by atoms with Gasteiger partial charge in [-0.2, -0.15) is 0 Å². The molecule has 2 aliphatic carbocycles. The number of carbonyl (C=O) groups is 1. The number of rotatable bonds is 4. The van der Waals surface area contributed by atoms with Crippen molar-refractivity contribution in [3.05, 3.63) is 0 Å². The maximum Gasteiger partial charge on any atom is 0.237 e. The van der Waals surface area contributed by atoms with Gasteiger partial charge in [-0.3, -0.25) is 4.79 Å². The van der Waals surface area contributed by atoms with Crippen molar-refractivity contribution in [2.24, 2.45) is 17.6 Å². The number of amides is 1. The van der Waals surface area contributed by atoms with Crippen LogP contribution in [0.1, 0.15) is 45.4 Å². The fraction of sp³-hybridized carbons (Fsp3) is 0.938. The Labute approximate surface area is 127 Å². The predicted molar refractivity (Wildman–Crippen MR) is 81.6 cm³/mol. The summed E-state index contributed by atoms with van der Waals surface area (Å²) in [6.07, 6.45) is 7.05. The second-order valence-corrected chi connectivity index (χ2v) is 7.47. The quantitative estimate of drug-likeness (QED) is 0.814. The van der Waals surface area contributed by atoms with E-state index in [1.807, 2.05) is 12.0 Å². The van der Waals surface area contributed by atoms with Crippen LogP contribution in [0.5, 0.6) is 0 Å². The molecule has 1 aliphatic heterocycles. The summed E-state index contributed by atoms with van der Waals surface area (Å²) in [5, 5.41) is 3.53. The Morgan fingerprint density at radius 2 is 2.05 bits per heavy atom. The number of fused-ring (bicyclic) bond motifs is 1. The summed E-state index contributed by atoms with van der Waals surface area (Å²) < 4.78 is 5.50. The van der Waals surface area contributed by atoms with Crippen molar-refractivity contribution in [2.75, 3.05) is 20.2 Å². The van der Waals surface area contributed by atoms with Crippen LogP contribution in [0, 0.1) is 11.8 Å².